The molecular weight excluding hydrogens is 258 g/mol. The molecule has 1 atom stereocenters. The van der Waals surface area contributed by atoms with Crippen LogP contribution in [0.25, 0.3) is 0 Å². The molecule has 3 rings (SSSR count). The molecule has 21 heavy (non-hydrogen) atoms. The van der Waals surface area contributed by atoms with Crippen molar-refractivity contribution < 1.29 is 0 Å². The number of fused-ring (bicyclic) bond motifs is 1. The Kier molecular flexibility index (Phi) is 4.20. The standard InChI is InChI=1S/C18H23N3/c1-14(19-2)17-7-10-20-18(13-17)21-11-8-15-5-3-4-6-16(15)9-12-21/h3-7,10,13-14,19H,8-9,11-12H2,1-2H3. The topological polar surface area (TPSA) is 28.2 Å². The summed E-state index contributed by atoms with van der Waals surface area (Å²) < 4.78 is 0. The number of nitrogens with one attached hydrogen (secondary N) is 1. The van der Waals surface area contributed by atoms with Crippen molar-refractivity contribution in [2.24, 2.45) is 0 Å². The normalized spacial score (nSPS) is 16.2. The van der Waals surface area contributed by atoms with Gasteiger partial charge in [-0.25, -0.2) is 4.98 Å². The number of hydrogen-bond donors (Lipinski definition) is 1. The summed E-state index contributed by atoms with van der Waals surface area (Å²) in [6.07, 6.45) is 4.13. The van der Waals surface area contributed by atoms with E-state index in [0.717, 1.165) is 31.7 Å². The summed E-state index contributed by atoms with van der Waals surface area (Å²) in [5.74, 6) is 1.10. The van der Waals surface area contributed by atoms with E-state index in [1.165, 1.54) is 16.7 Å². The Morgan fingerprint density at radius 1 is 1.10 bits per heavy atom. The molecule has 1 aliphatic rings. The highest BCUT2D eigenvalue weighted by molar-refractivity contribution is 5.44. The summed E-state index contributed by atoms with van der Waals surface area (Å²) >= 11 is 0. The molecule has 0 saturated carbocycles. The van der Waals surface area contributed by atoms with Crippen LogP contribution in [-0.4, -0.2) is 25.1 Å². The molecule has 1 aromatic carbocycles. The Bertz CT molecular complexity index is 582. The summed E-state index contributed by atoms with van der Waals surface area (Å²) in [5, 5.41) is 3.29. The van der Waals surface area contributed by atoms with Crippen LogP contribution < -0.4 is 10.2 Å². The zero-order valence-corrected chi connectivity index (χ0v) is 12.8. The van der Waals surface area contributed by atoms with E-state index in [2.05, 4.69) is 58.5 Å². The van der Waals surface area contributed by atoms with Gasteiger partial charge in [-0.3, -0.25) is 0 Å². The first kappa shape index (κ1) is 14.1. The van der Waals surface area contributed by atoms with E-state index in [1.807, 2.05) is 13.2 Å². The van der Waals surface area contributed by atoms with Gasteiger partial charge in [0.2, 0.25) is 0 Å². The zero-order valence-electron chi connectivity index (χ0n) is 12.8. The summed E-state index contributed by atoms with van der Waals surface area (Å²) in [5.41, 5.74) is 4.27. The van der Waals surface area contributed by atoms with Gasteiger partial charge in [-0.05, 0) is 55.6 Å². The molecule has 1 aromatic heterocycles. The summed E-state index contributed by atoms with van der Waals surface area (Å²) in [4.78, 5) is 6.99. The largest absolute Gasteiger partial charge is 0.356 e. The van der Waals surface area contributed by atoms with E-state index in [4.69, 9.17) is 0 Å². The summed E-state index contributed by atoms with van der Waals surface area (Å²) in [7, 11) is 1.99. The van der Waals surface area contributed by atoms with E-state index in [-0.39, 0.29) is 0 Å². The van der Waals surface area contributed by atoms with Gasteiger partial charge in [-0.1, -0.05) is 24.3 Å². The van der Waals surface area contributed by atoms with Gasteiger partial charge in [0.1, 0.15) is 5.82 Å². The number of nitrogens with zero attached hydrogens (tertiary/aromatic N) is 2. The number of anilines is 1. The lowest BCUT2D eigenvalue weighted by Gasteiger charge is -2.22. The monoisotopic (exact) mass is 281 g/mol. The third-order valence-corrected chi connectivity index (χ3v) is 4.45. The van der Waals surface area contributed by atoms with Crippen molar-refractivity contribution >= 4 is 5.82 Å². The van der Waals surface area contributed by atoms with Gasteiger partial charge >= 0.3 is 0 Å². The molecule has 1 N–H and O–H groups in total. The average molecular weight is 281 g/mol. The second kappa shape index (κ2) is 6.27. The zero-order chi connectivity index (χ0) is 14.7. The van der Waals surface area contributed by atoms with Crippen molar-refractivity contribution in [1.82, 2.24) is 10.3 Å². The van der Waals surface area contributed by atoms with Crippen LogP contribution in [0.5, 0.6) is 0 Å². The molecule has 0 aliphatic carbocycles. The molecule has 110 valence electrons. The van der Waals surface area contributed by atoms with Crippen molar-refractivity contribution in [1.29, 1.82) is 0 Å². The Labute approximate surface area is 127 Å². The first-order chi connectivity index (χ1) is 10.3. The maximum Gasteiger partial charge on any atom is 0.128 e. The maximum atomic E-state index is 4.58. The highest BCUT2D eigenvalue weighted by Gasteiger charge is 2.15. The quantitative estimate of drug-likeness (QED) is 0.937. The second-order valence-corrected chi connectivity index (χ2v) is 5.71. The minimum Gasteiger partial charge on any atom is -0.356 e. The molecule has 0 saturated heterocycles. The number of pyridine rings is 1. The van der Waals surface area contributed by atoms with Crippen LogP contribution in [0.15, 0.2) is 42.6 Å². The molecule has 0 spiro atoms. The van der Waals surface area contributed by atoms with Crippen LogP contribution in [0.3, 0.4) is 0 Å². The van der Waals surface area contributed by atoms with Crippen LogP contribution in [0, 0.1) is 0 Å². The van der Waals surface area contributed by atoms with Crippen molar-refractivity contribution in [3.05, 3.63) is 59.3 Å². The van der Waals surface area contributed by atoms with Crippen LogP contribution in [0.4, 0.5) is 5.82 Å². The third-order valence-electron chi connectivity index (χ3n) is 4.45. The molecule has 3 heteroatoms. The van der Waals surface area contributed by atoms with Gasteiger partial charge in [0.05, 0.1) is 0 Å². The fraction of sp³-hybridized carbons (Fsp3) is 0.389. The molecule has 2 heterocycles. The minimum absolute atomic E-state index is 0.357. The molecule has 0 amide bonds. The van der Waals surface area contributed by atoms with Crippen LogP contribution in [0.2, 0.25) is 0 Å². The number of rotatable bonds is 3. The van der Waals surface area contributed by atoms with Gasteiger partial charge in [-0.2, -0.15) is 0 Å². The van der Waals surface area contributed by atoms with E-state index in [0.29, 0.717) is 6.04 Å². The number of aromatic nitrogens is 1. The molecule has 0 radical (unpaired) electrons. The van der Waals surface area contributed by atoms with Crippen molar-refractivity contribution in [2.75, 3.05) is 25.0 Å². The highest BCUT2D eigenvalue weighted by Crippen LogP contribution is 2.22. The molecule has 0 bridgehead atoms. The lowest BCUT2D eigenvalue weighted by molar-refractivity contribution is 0.650. The van der Waals surface area contributed by atoms with E-state index in [1.54, 1.807) is 0 Å². The molecule has 1 aliphatic heterocycles. The Morgan fingerprint density at radius 3 is 2.38 bits per heavy atom. The van der Waals surface area contributed by atoms with Crippen molar-refractivity contribution in [2.45, 2.75) is 25.8 Å². The fourth-order valence-electron chi connectivity index (χ4n) is 2.94. The maximum absolute atomic E-state index is 4.58. The van der Waals surface area contributed by atoms with Crippen LogP contribution in [-0.2, 0) is 12.8 Å². The smallest absolute Gasteiger partial charge is 0.128 e. The molecule has 3 nitrogen and oxygen atoms in total. The van der Waals surface area contributed by atoms with Gasteiger partial charge in [0.15, 0.2) is 0 Å². The SMILES string of the molecule is CNC(C)c1ccnc(N2CCc3ccccc3CC2)c1. The van der Waals surface area contributed by atoms with Crippen molar-refractivity contribution in [3.8, 4) is 0 Å². The molecule has 1 unspecified atom stereocenters. The Morgan fingerprint density at radius 2 is 1.76 bits per heavy atom. The number of benzene rings is 1. The van der Waals surface area contributed by atoms with E-state index < -0.39 is 0 Å². The van der Waals surface area contributed by atoms with Crippen molar-refractivity contribution in [3.63, 3.8) is 0 Å². The predicted molar refractivity (Wildman–Crippen MR) is 87.8 cm³/mol. The van der Waals surface area contributed by atoms with Gasteiger partial charge in [0.25, 0.3) is 0 Å². The summed E-state index contributed by atoms with van der Waals surface area (Å²) in [6.45, 7) is 4.26. The molecular formula is C18H23N3. The van der Waals surface area contributed by atoms with Gasteiger partial charge in [-0.15, -0.1) is 0 Å². The minimum atomic E-state index is 0.357. The lowest BCUT2D eigenvalue weighted by Crippen LogP contribution is -2.27. The predicted octanol–water partition coefficient (Wildman–Crippen LogP) is 2.97. The van der Waals surface area contributed by atoms with E-state index in [9.17, 15) is 0 Å². The first-order valence-electron chi connectivity index (χ1n) is 7.73. The molecule has 2 aromatic rings. The van der Waals surface area contributed by atoms with Crippen LogP contribution >= 0.6 is 0 Å². The van der Waals surface area contributed by atoms with E-state index >= 15 is 0 Å². The van der Waals surface area contributed by atoms with Gasteiger partial charge < -0.3 is 10.2 Å². The van der Waals surface area contributed by atoms with Crippen LogP contribution in [0.1, 0.15) is 29.7 Å². The van der Waals surface area contributed by atoms with Gasteiger partial charge in [0, 0.05) is 25.3 Å². The first-order valence-corrected chi connectivity index (χ1v) is 7.73. The number of hydrogen-bond acceptors (Lipinski definition) is 3. The Balaban J connectivity index is 1.80. The summed E-state index contributed by atoms with van der Waals surface area (Å²) in [6, 6.07) is 13.5. The fourth-order valence-corrected chi connectivity index (χ4v) is 2.94. The third kappa shape index (κ3) is 3.08. The highest BCUT2D eigenvalue weighted by atomic mass is 15.2. The Hall–Kier alpha value is -1.87. The average Bonchev–Trinajstić information content (AvgIpc) is 2.77. The molecule has 0 fully saturated rings. The second-order valence-electron chi connectivity index (χ2n) is 5.71. The lowest BCUT2D eigenvalue weighted by atomic mass is 10.0.